The number of nitrogens with one attached hydrogen (secondary N) is 1. The van der Waals surface area contributed by atoms with Gasteiger partial charge in [-0.3, -0.25) is 4.68 Å². The van der Waals surface area contributed by atoms with E-state index < -0.39 is 6.10 Å². The Morgan fingerprint density at radius 3 is 2.71 bits per heavy atom. The zero-order chi connectivity index (χ0) is 12.6. The molecule has 0 aromatic carbocycles. The Kier molecular flexibility index (Phi) is 3.27. The van der Waals surface area contributed by atoms with Gasteiger partial charge in [0.2, 0.25) is 0 Å². The number of aliphatic hydroxyl groups excluding tert-OH is 1. The van der Waals surface area contributed by atoms with Crippen LogP contribution in [0.15, 0.2) is 6.20 Å². The zero-order valence-electron chi connectivity index (χ0n) is 11.2. The molecule has 1 aromatic heterocycles. The Balaban J connectivity index is 2.12. The Morgan fingerprint density at radius 2 is 2.18 bits per heavy atom. The largest absolute Gasteiger partial charge is 0.387 e. The molecule has 0 spiro atoms. The Hall–Kier alpha value is -0.870. The maximum absolute atomic E-state index is 10.2. The normalized spacial score (nSPS) is 18.4. The fraction of sp³-hybridized carbons (Fsp3) is 0.769. The van der Waals surface area contributed by atoms with Crippen molar-refractivity contribution in [3.63, 3.8) is 0 Å². The lowest BCUT2D eigenvalue weighted by molar-refractivity contribution is 0.172. The first-order valence-electron chi connectivity index (χ1n) is 6.33. The third kappa shape index (κ3) is 3.07. The summed E-state index contributed by atoms with van der Waals surface area (Å²) >= 11 is 0. The van der Waals surface area contributed by atoms with Crippen LogP contribution >= 0.6 is 0 Å². The Labute approximate surface area is 103 Å². The molecule has 96 valence electrons. The average molecular weight is 237 g/mol. The molecule has 1 heterocycles. The van der Waals surface area contributed by atoms with Gasteiger partial charge in [-0.2, -0.15) is 5.10 Å². The van der Waals surface area contributed by atoms with Crippen LogP contribution in [0.5, 0.6) is 0 Å². The van der Waals surface area contributed by atoms with Crippen LogP contribution in [0.25, 0.3) is 0 Å². The van der Waals surface area contributed by atoms with Gasteiger partial charge in [-0.15, -0.1) is 0 Å². The molecule has 2 N–H and O–H groups in total. The van der Waals surface area contributed by atoms with Crippen molar-refractivity contribution in [1.29, 1.82) is 0 Å². The van der Waals surface area contributed by atoms with Crippen molar-refractivity contribution in [1.82, 2.24) is 15.1 Å². The van der Waals surface area contributed by atoms with E-state index in [9.17, 15) is 5.11 Å². The van der Waals surface area contributed by atoms with Gasteiger partial charge in [0.25, 0.3) is 0 Å². The van der Waals surface area contributed by atoms with E-state index in [4.69, 9.17) is 0 Å². The van der Waals surface area contributed by atoms with E-state index in [1.54, 1.807) is 4.68 Å². The molecular weight excluding hydrogens is 214 g/mol. The van der Waals surface area contributed by atoms with E-state index in [1.165, 1.54) is 12.8 Å². The topological polar surface area (TPSA) is 50.1 Å². The van der Waals surface area contributed by atoms with Gasteiger partial charge in [0, 0.05) is 36.8 Å². The minimum atomic E-state index is -0.460. The van der Waals surface area contributed by atoms with Gasteiger partial charge < -0.3 is 10.4 Å². The molecule has 1 aliphatic carbocycles. The lowest BCUT2D eigenvalue weighted by Crippen LogP contribution is -2.25. The highest BCUT2D eigenvalue weighted by Gasteiger charge is 2.27. The maximum Gasteiger partial charge on any atom is 0.0947 e. The molecule has 1 saturated carbocycles. The lowest BCUT2D eigenvalue weighted by atomic mass is 9.88. The monoisotopic (exact) mass is 237 g/mol. The summed E-state index contributed by atoms with van der Waals surface area (Å²) in [4.78, 5) is 0. The lowest BCUT2D eigenvalue weighted by Gasteiger charge is -2.20. The molecular formula is C13H23N3O. The molecule has 2 rings (SSSR count). The highest BCUT2D eigenvalue weighted by molar-refractivity contribution is 5.26. The van der Waals surface area contributed by atoms with E-state index in [1.807, 2.05) is 13.2 Å². The summed E-state index contributed by atoms with van der Waals surface area (Å²) in [5.74, 6) is 0. The fourth-order valence-electron chi connectivity index (χ4n) is 2.01. The highest BCUT2D eigenvalue weighted by Crippen LogP contribution is 2.28. The molecule has 1 aliphatic rings. The van der Waals surface area contributed by atoms with Gasteiger partial charge in [0.15, 0.2) is 0 Å². The molecule has 1 unspecified atom stereocenters. The summed E-state index contributed by atoms with van der Waals surface area (Å²) in [6, 6.07) is 0.624. The molecule has 0 aliphatic heterocycles. The number of aryl methyl sites for hydroxylation is 1. The Morgan fingerprint density at radius 1 is 1.53 bits per heavy atom. The zero-order valence-corrected chi connectivity index (χ0v) is 11.2. The van der Waals surface area contributed by atoms with Crippen molar-refractivity contribution >= 4 is 0 Å². The first-order valence-corrected chi connectivity index (χ1v) is 6.33. The molecule has 1 fully saturated rings. The second kappa shape index (κ2) is 4.42. The number of rotatable bonds is 4. The molecule has 1 aromatic rings. The van der Waals surface area contributed by atoms with Crippen molar-refractivity contribution < 1.29 is 5.11 Å². The van der Waals surface area contributed by atoms with E-state index in [2.05, 4.69) is 31.2 Å². The van der Waals surface area contributed by atoms with Crippen LogP contribution in [0.1, 0.15) is 51.0 Å². The van der Waals surface area contributed by atoms with Crippen molar-refractivity contribution in [2.24, 2.45) is 7.05 Å². The number of aliphatic hydroxyl groups is 1. The Bertz CT molecular complexity index is 388. The van der Waals surface area contributed by atoms with Crippen LogP contribution in [-0.4, -0.2) is 27.5 Å². The van der Waals surface area contributed by atoms with Gasteiger partial charge >= 0.3 is 0 Å². The first kappa shape index (κ1) is 12.6. The minimum absolute atomic E-state index is 0.0306. The second-order valence-electron chi connectivity index (χ2n) is 6.06. The summed E-state index contributed by atoms with van der Waals surface area (Å²) in [6.45, 7) is 7.00. The van der Waals surface area contributed by atoms with E-state index in [0.29, 0.717) is 12.6 Å². The molecule has 4 heteroatoms. The molecule has 0 bridgehead atoms. The van der Waals surface area contributed by atoms with Crippen LogP contribution in [0.3, 0.4) is 0 Å². The maximum atomic E-state index is 10.2. The predicted octanol–water partition coefficient (Wildman–Crippen LogP) is 1.50. The second-order valence-corrected chi connectivity index (χ2v) is 6.06. The van der Waals surface area contributed by atoms with Gasteiger partial charge in [-0.1, -0.05) is 20.8 Å². The van der Waals surface area contributed by atoms with Crippen molar-refractivity contribution in [3.8, 4) is 0 Å². The number of hydrogen-bond donors (Lipinski definition) is 2. The van der Waals surface area contributed by atoms with Crippen molar-refractivity contribution in [2.45, 2.75) is 51.2 Å². The standard InChI is InChI=1S/C13H23N3O/c1-13(2,3)12-10(8-16(4)15-12)11(17)7-14-9-5-6-9/h8-9,11,14,17H,5-7H2,1-4H3. The predicted molar refractivity (Wildman–Crippen MR) is 67.9 cm³/mol. The third-order valence-electron chi connectivity index (χ3n) is 3.10. The first-order chi connectivity index (χ1) is 7.88. The van der Waals surface area contributed by atoms with Gasteiger partial charge in [-0.05, 0) is 12.8 Å². The molecule has 4 nitrogen and oxygen atoms in total. The summed E-state index contributed by atoms with van der Waals surface area (Å²) < 4.78 is 1.79. The smallest absolute Gasteiger partial charge is 0.0947 e. The molecule has 0 radical (unpaired) electrons. The summed E-state index contributed by atoms with van der Waals surface area (Å²) in [6.07, 6.45) is 3.95. The molecule has 1 atom stereocenters. The van der Waals surface area contributed by atoms with Gasteiger partial charge in [-0.25, -0.2) is 0 Å². The van der Waals surface area contributed by atoms with Gasteiger partial charge in [0.05, 0.1) is 11.8 Å². The molecule has 17 heavy (non-hydrogen) atoms. The van der Waals surface area contributed by atoms with Crippen molar-refractivity contribution in [2.75, 3.05) is 6.54 Å². The van der Waals surface area contributed by atoms with Gasteiger partial charge in [0.1, 0.15) is 0 Å². The molecule has 0 saturated heterocycles. The van der Waals surface area contributed by atoms with Crippen molar-refractivity contribution in [3.05, 3.63) is 17.5 Å². The average Bonchev–Trinajstić information content (AvgIpc) is 2.95. The summed E-state index contributed by atoms with van der Waals surface area (Å²) in [7, 11) is 1.90. The number of hydrogen-bond acceptors (Lipinski definition) is 3. The van der Waals surface area contributed by atoms with Crippen LogP contribution < -0.4 is 5.32 Å². The van der Waals surface area contributed by atoms with E-state index in [0.717, 1.165) is 11.3 Å². The van der Waals surface area contributed by atoms with Crippen LogP contribution in [0.2, 0.25) is 0 Å². The summed E-state index contributed by atoms with van der Waals surface area (Å²) in [5.41, 5.74) is 1.91. The van der Waals surface area contributed by atoms with Crippen LogP contribution in [0.4, 0.5) is 0 Å². The number of nitrogens with zero attached hydrogens (tertiary/aromatic N) is 2. The molecule has 0 amide bonds. The van der Waals surface area contributed by atoms with Crippen LogP contribution in [0, 0.1) is 0 Å². The summed E-state index contributed by atoms with van der Waals surface area (Å²) in [5, 5.41) is 18.1. The SMILES string of the molecule is Cn1cc(C(O)CNC2CC2)c(C(C)(C)C)n1. The number of aromatic nitrogens is 2. The third-order valence-corrected chi connectivity index (χ3v) is 3.10. The fourth-order valence-corrected chi connectivity index (χ4v) is 2.01. The minimum Gasteiger partial charge on any atom is -0.387 e. The van der Waals surface area contributed by atoms with E-state index in [-0.39, 0.29) is 5.41 Å². The quantitative estimate of drug-likeness (QED) is 0.834. The van der Waals surface area contributed by atoms with E-state index >= 15 is 0 Å². The highest BCUT2D eigenvalue weighted by atomic mass is 16.3. The van der Waals surface area contributed by atoms with Crippen LogP contribution in [-0.2, 0) is 12.5 Å².